The Bertz CT molecular complexity index is 711. The van der Waals surface area contributed by atoms with E-state index in [-0.39, 0.29) is 0 Å². The van der Waals surface area contributed by atoms with Crippen LogP contribution in [0.15, 0.2) is 77.4 Å². The molecule has 0 aliphatic rings. The van der Waals surface area contributed by atoms with Crippen molar-refractivity contribution in [2.24, 2.45) is 0 Å². The second kappa shape index (κ2) is 6.55. The molecule has 0 amide bonds. The van der Waals surface area contributed by atoms with Gasteiger partial charge in [0, 0.05) is 22.3 Å². The van der Waals surface area contributed by atoms with E-state index in [1.54, 1.807) is 0 Å². The van der Waals surface area contributed by atoms with E-state index in [1.807, 2.05) is 60.8 Å². The number of rotatable bonds is 4. The van der Waals surface area contributed by atoms with Crippen molar-refractivity contribution in [1.82, 2.24) is 4.98 Å². The Morgan fingerprint density at radius 1 is 0.857 bits per heavy atom. The van der Waals surface area contributed by atoms with E-state index in [1.165, 1.54) is 0 Å². The lowest BCUT2D eigenvalue weighted by molar-refractivity contribution is 0.294. The first-order valence-electron chi connectivity index (χ1n) is 6.70. The van der Waals surface area contributed by atoms with Crippen LogP contribution in [0, 0.1) is 0 Å². The number of halogens is 1. The quantitative estimate of drug-likeness (QED) is 0.660. The average molecular weight is 340 g/mol. The van der Waals surface area contributed by atoms with Gasteiger partial charge in [0.25, 0.3) is 0 Å². The summed E-state index contributed by atoms with van der Waals surface area (Å²) in [6.45, 7) is 0.532. The maximum atomic E-state index is 5.69. The van der Waals surface area contributed by atoms with E-state index >= 15 is 0 Å². The van der Waals surface area contributed by atoms with Crippen LogP contribution in [0.5, 0.6) is 5.88 Å². The molecule has 0 aliphatic heterocycles. The van der Waals surface area contributed by atoms with Crippen LogP contribution < -0.4 is 4.74 Å². The lowest BCUT2D eigenvalue weighted by atomic mass is 10.1. The van der Waals surface area contributed by atoms with E-state index in [4.69, 9.17) is 4.74 Å². The largest absolute Gasteiger partial charge is 0.473 e. The highest BCUT2D eigenvalue weighted by Gasteiger charge is 2.01. The van der Waals surface area contributed by atoms with Gasteiger partial charge in [-0.3, -0.25) is 0 Å². The molecule has 3 rings (SSSR count). The molecule has 3 aromatic rings. The van der Waals surface area contributed by atoms with Gasteiger partial charge >= 0.3 is 0 Å². The molecule has 0 aliphatic carbocycles. The van der Waals surface area contributed by atoms with E-state index in [0.717, 1.165) is 21.2 Å². The Morgan fingerprint density at radius 3 is 2.43 bits per heavy atom. The summed E-state index contributed by atoms with van der Waals surface area (Å²) in [6, 6.07) is 22.2. The van der Waals surface area contributed by atoms with Crippen molar-refractivity contribution in [3.8, 4) is 17.0 Å². The molecule has 0 unspecified atom stereocenters. The predicted octanol–water partition coefficient (Wildman–Crippen LogP) is 5.09. The summed E-state index contributed by atoms with van der Waals surface area (Å²) >= 11 is 3.48. The van der Waals surface area contributed by atoms with Crippen molar-refractivity contribution in [2.75, 3.05) is 0 Å². The predicted molar refractivity (Wildman–Crippen MR) is 88.1 cm³/mol. The maximum Gasteiger partial charge on any atom is 0.213 e. The maximum absolute atomic E-state index is 5.69. The van der Waals surface area contributed by atoms with E-state index in [9.17, 15) is 0 Å². The van der Waals surface area contributed by atoms with Crippen molar-refractivity contribution in [2.45, 2.75) is 6.61 Å². The van der Waals surface area contributed by atoms with Crippen LogP contribution in [-0.2, 0) is 6.61 Å². The van der Waals surface area contributed by atoms with Crippen molar-refractivity contribution in [3.63, 3.8) is 0 Å². The Hall–Kier alpha value is -2.13. The third-order valence-corrected chi connectivity index (χ3v) is 3.62. The standard InChI is InChI=1S/C18H14BrNO/c19-17-8-4-7-15(11-17)16-9-10-18(20-12-16)21-13-14-5-2-1-3-6-14/h1-12H,13H2. The molecule has 0 bridgehead atoms. The summed E-state index contributed by atoms with van der Waals surface area (Å²) in [5.41, 5.74) is 3.34. The summed E-state index contributed by atoms with van der Waals surface area (Å²) < 4.78 is 6.75. The third-order valence-electron chi connectivity index (χ3n) is 3.12. The van der Waals surface area contributed by atoms with Gasteiger partial charge in [-0.1, -0.05) is 58.4 Å². The van der Waals surface area contributed by atoms with Crippen LogP contribution >= 0.6 is 15.9 Å². The molecule has 1 aromatic heterocycles. The fourth-order valence-electron chi connectivity index (χ4n) is 2.04. The summed E-state index contributed by atoms with van der Waals surface area (Å²) in [7, 11) is 0. The Balaban J connectivity index is 1.69. The highest BCUT2D eigenvalue weighted by atomic mass is 79.9. The minimum atomic E-state index is 0.532. The molecular weight excluding hydrogens is 326 g/mol. The first kappa shape index (κ1) is 13.8. The lowest BCUT2D eigenvalue weighted by Crippen LogP contribution is -1.96. The topological polar surface area (TPSA) is 22.1 Å². The SMILES string of the molecule is Brc1cccc(-c2ccc(OCc3ccccc3)nc2)c1. The van der Waals surface area contributed by atoms with Gasteiger partial charge in [-0.25, -0.2) is 4.98 Å². The molecule has 0 saturated carbocycles. The fraction of sp³-hybridized carbons (Fsp3) is 0.0556. The molecular formula is C18H14BrNO. The molecule has 0 saturated heterocycles. The Kier molecular flexibility index (Phi) is 4.31. The fourth-order valence-corrected chi connectivity index (χ4v) is 2.44. The Morgan fingerprint density at radius 2 is 1.71 bits per heavy atom. The molecule has 0 N–H and O–H groups in total. The zero-order valence-corrected chi connectivity index (χ0v) is 13.0. The molecule has 104 valence electrons. The highest BCUT2D eigenvalue weighted by Crippen LogP contribution is 2.23. The van der Waals surface area contributed by atoms with Gasteiger partial charge in [0.15, 0.2) is 0 Å². The summed E-state index contributed by atoms with van der Waals surface area (Å²) in [5, 5.41) is 0. The second-order valence-corrected chi connectivity index (χ2v) is 5.59. The number of ether oxygens (including phenoxy) is 1. The Labute approximate surface area is 132 Å². The molecule has 0 radical (unpaired) electrons. The van der Waals surface area contributed by atoms with Gasteiger partial charge in [0.1, 0.15) is 6.61 Å². The van der Waals surface area contributed by atoms with Crippen LogP contribution in [0.4, 0.5) is 0 Å². The van der Waals surface area contributed by atoms with Crippen molar-refractivity contribution < 1.29 is 4.74 Å². The summed E-state index contributed by atoms with van der Waals surface area (Å²) in [6.07, 6.45) is 1.84. The van der Waals surface area contributed by atoms with Gasteiger partial charge in [0.05, 0.1) is 0 Å². The van der Waals surface area contributed by atoms with Gasteiger partial charge in [-0.2, -0.15) is 0 Å². The number of hydrogen-bond acceptors (Lipinski definition) is 2. The van der Waals surface area contributed by atoms with Crippen molar-refractivity contribution in [1.29, 1.82) is 0 Å². The number of hydrogen-bond donors (Lipinski definition) is 0. The molecule has 0 fully saturated rings. The first-order valence-corrected chi connectivity index (χ1v) is 7.49. The van der Waals surface area contributed by atoms with Crippen LogP contribution in [0.1, 0.15) is 5.56 Å². The van der Waals surface area contributed by atoms with Gasteiger partial charge in [0.2, 0.25) is 5.88 Å². The number of aromatic nitrogens is 1. The number of nitrogens with zero attached hydrogens (tertiary/aromatic N) is 1. The minimum Gasteiger partial charge on any atom is -0.473 e. The van der Waals surface area contributed by atoms with Crippen LogP contribution in [0.3, 0.4) is 0 Å². The highest BCUT2D eigenvalue weighted by molar-refractivity contribution is 9.10. The zero-order valence-electron chi connectivity index (χ0n) is 11.4. The number of pyridine rings is 1. The van der Waals surface area contributed by atoms with Gasteiger partial charge in [-0.05, 0) is 29.3 Å². The van der Waals surface area contributed by atoms with Gasteiger partial charge < -0.3 is 4.74 Å². The van der Waals surface area contributed by atoms with Crippen LogP contribution in [-0.4, -0.2) is 4.98 Å². The van der Waals surface area contributed by atoms with E-state index in [0.29, 0.717) is 12.5 Å². The van der Waals surface area contributed by atoms with Gasteiger partial charge in [-0.15, -0.1) is 0 Å². The van der Waals surface area contributed by atoms with Crippen LogP contribution in [0.2, 0.25) is 0 Å². The molecule has 3 heteroatoms. The minimum absolute atomic E-state index is 0.532. The average Bonchev–Trinajstić information content (AvgIpc) is 2.54. The molecule has 2 nitrogen and oxygen atoms in total. The third kappa shape index (κ3) is 3.70. The zero-order chi connectivity index (χ0) is 14.5. The summed E-state index contributed by atoms with van der Waals surface area (Å²) in [5.74, 6) is 0.637. The van der Waals surface area contributed by atoms with E-state index < -0.39 is 0 Å². The molecule has 2 aromatic carbocycles. The molecule has 1 heterocycles. The smallest absolute Gasteiger partial charge is 0.213 e. The number of benzene rings is 2. The van der Waals surface area contributed by atoms with Crippen molar-refractivity contribution >= 4 is 15.9 Å². The molecule has 0 atom stereocenters. The van der Waals surface area contributed by atoms with Crippen molar-refractivity contribution in [3.05, 3.63) is 83.0 Å². The second-order valence-electron chi connectivity index (χ2n) is 4.67. The molecule has 0 spiro atoms. The first-order chi connectivity index (χ1) is 10.3. The summed E-state index contributed by atoms with van der Waals surface area (Å²) in [4.78, 5) is 4.36. The normalized spacial score (nSPS) is 10.3. The lowest BCUT2D eigenvalue weighted by Gasteiger charge is -2.06. The van der Waals surface area contributed by atoms with E-state index in [2.05, 4.69) is 33.0 Å². The van der Waals surface area contributed by atoms with Crippen LogP contribution in [0.25, 0.3) is 11.1 Å². The monoisotopic (exact) mass is 339 g/mol. The molecule has 21 heavy (non-hydrogen) atoms.